The molecule has 0 saturated heterocycles. The topological polar surface area (TPSA) is 38.9 Å². The van der Waals surface area contributed by atoms with Gasteiger partial charge in [0.2, 0.25) is 0 Å². The fourth-order valence-corrected chi connectivity index (χ4v) is 1.72. The second-order valence-electron chi connectivity index (χ2n) is 3.80. The molecule has 1 heterocycles. The van der Waals surface area contributed by atoms with E-state index in [2.05, 4.69) is 31.0 Å². The van der Waals surface area contributed by atoms with Crippen LogP contribution in [0.2, 0.25) is 0 Å². The van der Waals surface area contributed by atoms with E-state index in [1.807, 2.05) is 18.3 Å². The van der Waals surface area contributed by atoms with E-state index in [0.717, 1.165) is 11.2 Å². The summed E-state index contributed by atoms with van der Waals surface area (Å²) >= 11 is 0. The van der Waals surface area contributed by atoms with Gasteiger partial charge in [-0.3, -0.25) is 4.98 Å². The van der Waals surface area contributed by atoms with E-state index in [4.69, 9.17) is 5.73 Å². The lowest BCUT2D eigenvalue weighted by Gasteiger charge is -2.09. The van der Waals surface area contributed by atoms with Crippen molar-refractivity contribution in [2.75, 3.05) is 5.73 Å². The smallest absolute Gasteiger partial charge is 0.0933 e. The van der Waals surface area contributed by atoms with Crippen LogP contribution in [0.5, 0.6) is 0 Å². The number of hydrogen-bond donors (Lipinski definition) is 1. The molecule has 2 nitrogen and oxygen atoms in total. The minimum absolute atomic E-state index is 0.502. The molecule has 0 aliphatic heterocycles. The molecule has 1 aromatic heterocycles. The summed E-state index contributed by atoms with van der Waals surface area (Å²) < 4.78 is 0. The summed E-state index contributed by atoms with van der Waals surface area (Å²) in [5, 5.41) is 1.17. The van der Waals surface area contributed by atoms with Gasteiger partial charge >= 0.3 is 0 Å². The summed E-state index contributed by atoms with van der Waals surface area (Å²) in [5.41, 5.74) is 8.84. The highest BCUT2D eigenvalue weighted by molar-refractivity contribution is 5.91. The van der Waals surface area contributed by atoms with Gasteiger partial charge in [-0.2, -0.15) is 0 Å². The molecule has 0 radical (unpaired) electrons. The first-order valence-corrected chi connectivity index (χ1v) is 4.83. The van der Waals surface area contributed by atoms with E-state index >= 15 is 0 Å². The third-order valence-electron chi connectivity index (χ3n) is 2.46. The third kappa shape index (κ3) is 1.33. The SMILES string of the molecule is CC(C)c1ccnc2c(N)cccc12. The molecule has 0 unspecified atom stereocenters. The number of fused-ring (bicyclic) bond motifs is 1. The number of rotatable bonds is 1. The molecule has 72 valence electrons. The van der Waals surface area contributed by atoms with Gasteiger partial charge in [-0.05, 0) is 23.6 Å². The number of nitrogens with two attached hydrogens (primary N) is 1. The van der Waals surface area contributed by atoms with Crippen LogP contribution in [-0.2, 0) is 0 Å². The second kappa shape index (κ2) is 3.29. The number of anilines is 1. The molecule has 2 N–H and O–H groups in total. The van der Waals surface area contributed by atoms with Gasteiger partial charge < -0.3 is 5.73 Å². The molecule has 2 heteroatoms. The van der Waals surface area contributed by atoms with Crippen LogP contribution in [0.15, 0.2) is 30.5 Å². The summed E-state index contributed by atoms with van der Waals surface area (Å²) in [6.45, 7) is 4.36. The van der Waals surface area contributed by atoms with Gasteiger partial charge in [-0.25, -0.2) is 0 Å². The summed E-state index contributed by atoms with van der Waals surface area (Å²) in [6, 6.07) is 8.01. The average molecular weight is 186 g/mol. The van der Waals surface area contributed by atoms with Crippen molar-refractivity contribution < 1.29 is 0 Å². The number of aromatic nitrogens is 1. The molecule has 0 bridgehead atoms. The number of hydrogen-bond acceptors (Lipinski definition) is 2. The number of nitrogens with zero attached hydrogens (tertiary/aromatic N) is 1. The highest BCUT2D eigenvalue weighted by atomic mass is 14.7. The molecule has 2 rings (SSSR count). The van der Waals surface area contributed by atoms with Crippen molar-refractivity contribution in [2.24, 2.45) is 0 Å². The number of para-hydroxylation sites is 1. The van der Waals surface area contributed by atoms with Gasteiger partial charge in [0.25, 0.3) is 0 Å². The zero-order valence-electron chi connectivity index (χ0n) is 8.49. The molecule has 0 aliphatic rings. The van der Waals surface area contributed by atoms with Crippen molar-refractivity contribution in [2.45, 2.75) is 19.8 Å². The van der Waals surface area contributed by atoms with Gasteiger partial charge in [-0.1, -0.05) is 26.0 Å². The molecule has 2 aromatic rings. The second-order valence-corrected chi connectivity index (χ2v) is 3.80. The van der Waals surface area contributed by atoms with E-state index in [0.29, 0.717) is 5.92 Å². The van der Waals surface area contributed by atoms with E-state index in [1.54, 1.807) is 0 Å². The standard InChI is InChI=1S/C12H14N2/c1-8(2)9-6-7-14-12-10(9)4-3-5-11(12)13/h3-8H,13H2,1-2H3. The predicted molar refractivity (Wildman–Crippen MR) is 60.2 cm³/mol. The molecule has 0 atom stereocenters. The number of pyridine rings is 1. The summed E-state index contributed by atoms with van der Waals surface area (Å²) in [4.78, 5) is 4.30. The van der Waals surface area contributed by atoms with Crippen molar-refractivity contribution >= 4 is 16.6 Å². The van der Waals surface area contributed by atoms with Crippen LogP contribution in [0.1, 0.15) is 25.3 Å². The van der Waals surface area contributed by atoms with Gasteiger partial charge in [-0.15, -0.1) is 0 Å². The maximum Gasteiger partial charge on any atom is 0.0933 e. The average Bonchev–Trinajstić information content (AvgIpc) is 2.17. The number of benzene rings is 1. The molecule has 14 heavy (non-hydrogen) atoms. The molecule has 0 saturated carbocycles. The Morgan fingerprint density at radius 3 is 2.71 bits per heavy atom. The van der Waals surface area contributed by atoms with Crippen LogP contribution in [-0.4, -0.2) is 4.98 Å². The van der Waals surface area contributed by atoms with E-state index in [1.165, 1.54) is 10.9 Å². The van der Waals surface area contributed by atoms with E-state index in [9.17, 15) is 0 Å². The first-order chi connectivity index (χ1) is 6.70. The molecule has 0 amide bonds. The van der Waals surface area contributed by atoms with Crippen molar-refractivity contribution in [1.82, 2.24) is 4.98 Å². The van der Waals surface area contributed by atoms with Crippen LogP contribution < -0.4 is 5.73 Å². The van der Waals surface area contributed by atoms with Crippen molar-refractivity contribution in [3.8, 4) is 0 Å². The Labute approximate surface area is 83.8 Å². The highest BCUT2D eigenvalue weighted by Crippen LogP contribution is 2.26. The molecule has 0 aliphatic carbocycles. The third-order valence-corrected chi connectivity index (χ3v) is 2.46. The van der Waals surface area contributed by atoms with Crippen LogP contribution in [0.25, 0.3) is 10.9 Å². The Hall–Kier alpha value is -1.57. The lowest BCUT2D eigenvalue weighted by Crippen LogP contribution is -1.94. The Bertz CT molecular complexity index is 461. The monoisotopic (exact) mass is 186 g/mol. The van der Waals surface area contributed by atoms with Gasteiger partial charge in [0.05, 0.1) is 11.2 Å². The lowest BCUT2D eigenvalue weighted by molar-refractivity contribution is 0.874. The van der Waals surface area contributed by atoms with Crippen molar-refractivity contribution in [3.05, 3.63) is 36.0 Å². The van der Waals surface area contributed by atoms with E-state index in [-0.39, 0.29) is 0 Å². The first kappa shape index (κ1) is 9.00. The molecule has 0 fully saturated rings. The fraction of sp³-hybridized carbons (Fsp3) is 0.250. The predicted octanol–water partition coefficient (Wildman–Crippen LogP) is 2.94. The molecule has 1 aromatic carbocycles. The summed E-state index contributed by atoms with van der Waals surface area (Å²) in [5.74, 6) is 0.502. The normalized spacial score (nSPS) is 11.1. The lowest BCUT2D eigenvalue weighted by atomic mass is 9.99. The number of nitrogen functional groups attached to an aromatic ring is 1. The van der Waals surface area contributed by atoms with Crippen molar-refractivity contribution in [1.29, 1.82) is 0 Å². The minimum Gasteiger partial charge on any atom is -0.397 e. The maximum absolute atomic E-state index is 5.86. The highest BCUT2D eigenvalue weighted by Gasteiger charge is 2.06. The Balaban J connectivity index is 2.81. The Morgan fingerprint density at radius 1 is 1.21 bits per heavy atom. The summed E-state index contributed by atoms with van der Waals surface area (Å²) in [6.07, 6.45) is 1.83. The van der Waals surface area contributed by atoms with E-state index < -0.39 is 0 Å². The molecular weight excluding hydrogens is 172 g/mol. The van der Waals surface area contributed by atoms with Crippen LogP contribution >= 0.6 is 0 Å². The molecule has 0 spiro atoms. The quantitative estimate of drug-likeness (QED) is 0.695. The zero-order chi connectivity index (χ0) is 10.1. The largest absolute Gasteiger partial charge is 0.397 e. The zero-order valence-corrected chi connectivity index (χ0v) is 8.49. The van der Waals surface area contributed by atoms with Gasteiger partial charge in [0.15, 0.2) is 0 Å². The van der Waals surface area contributed by atoms with Gasteiger partial charge in [0.1, 0.15) is 0 Å². The Kier molecular flexibility index (Phi) is 2.12. The molecular formula is C12H14N2. The summed E-state index contributed by atoms with van der Waals surface area (Å²) in [7, 11) is 0. The van der Waals surface area contributed by atoms with Crippen LogP contribution in [0, 0.1) is 0 Å². The van der Waals surface area contributed by atoms with Crippen LogP contribution in [0.4, 0.5) is 5.69 Å². The maximum atomic E-state index is 5.86. The van der Waals surface area contributed by atoms with Gasteiger partial charge in [0, 0.05) is 11.6 Å². The van der Waals surface area contributed by atoms with Crippen LogP contribution in [0.3, 0.4) is 0 Å². The Morgan fingerprint density at radius 2 is 2.00 bits per heavy atom. The first-order valence-electron chi connectivity index (χ1n) is 4.83. The van der Waals surface area contributed by atoms with Crippen molar-refractivity contribution in [3.63, 3.8) is 0 Å². The fourth-order valence-electron chi connectivity index (χ4n) is 1.72. The minimum atomic E-state index is 0.502.